The van der Waals surface area contributed by atoms with Crippen LogP contribution in [0.1, 0.15) is 0 Å². The first-order valence-electron chi connectivity index (χ1n) is 13.2. The fraction of sp³-hybridized carbons (Fsp3) is 0. The number of aromatic nitrogens is 4. The zero-order valence-corrected chi connectivity index (χ0v) is 21.4. The predicted molar refractivity (Wildman–Crippen MR) is 160 cm³/mol. The summed E-state index contributed by atoms with van der Waals surface area (Å²) < 4.78 is 8.60. The molecule has 0 aliphatic carbocycles. The van der Waals surface area contributed by atoms with Crippen molar-refractivity contribution in [2.75, 3.05) is 0 Å². The summed E-state index contributed by atoms with van der Waals surface area (Å²) in [6, 6.07) is 45.0. The van der Waals surface area contributed by atoms with Gasteiger partial charge in [-0.15, -0.1) is 0 Å². The quantitative estimate of drug-likeness (QED) is 0.236. The molecule has 3 aromatic heterocycles. The summed E-state index contributed by atoms with van der Waals surface area (Å²) >= 11 is 0. The van der Waals surface area contributed by atoms with Gasteiger partial charge in [0.05, 0.1) is 5.52 Å². The Morgan fingerprint density at radius 1 is 0.450 bits per heavy atom. The lowest BCUT2D eigenvalue weighted by Crippen LogP contribution is -2.00. The average molecular weight is 515 g/mol. The fourth-order valence-corrected chi connectivity index (χ4v) is 5.38. The molecule has 0 saturated carbocycles. The van der Waals surface area contributed by atoms with Gasteiger partial charge in [0.15, 0.2) is 23.1 Å². The smallest absolute Gasteiger partial charge is 0.164 e. The Morgan fingerprint density at radius 3 is 1.57 bits per heavy atom. The zero-order chi connectivity index (χ0) is 26.5. The van der Waals surface area contributed by atoms with Gasteiger partial charge in [-0.3, -0.25) is 0 Å². The Balaban J connectivity index is 1.29. The maximum atomic E-state index is 6.32. The van der Waals surface area contributed by atoms with Crippen LogP contribution < -0.4 is 0 Å². The van der Waals surface area contributed by atoms with Gasteiger partial charge in [-0.2, -0.15) is 0 Å². The lowest BCUT2D eigenvalue weighted by Gasteiger charge is -2.10. The lowest BCUT2D eigenvalue weighted by atomic mass is 10.1. The van der Waals surface area contributed by atoms with Crippen molar-refractivity contribution in [2.45, 2.75) is 0 Å². The molecule has 0 aliphatic rings. The molecule has 5 aromatic carbocycles. The van der Waals surface area contributed by atoms with Gasteiger partial charge in [0.25, 0.3) is 0 Å². The minimum absolute atomic E-state index is 0.635. The van der Waals surface area contributed by atoms with Crippen LogP contribution in [0.3, 0.4) is 0 Å². The topological polar surface area (TPSA) is 56.7 Å². The van der Waals surface area contributed by atoms with Gasteiger partial charge in [-0.05, 0) is 48.5 Å². The number of hydrogen-bond acceptors (Lipinski definition) is 4. The second kappa shape index (κ2) is 9.03. The summed E-state index contributed by atoms with van der Waals surface area (Å²) in [5, 5.41) is 2.19. The molecular weight excluding hydrogens is 492 g/mol. The minimum Gasteiger partial charge on any atom is -0.454 e. The third-order valence-corrected chi connectivity index (χ3v) is 7.27. The highest BCUT2D eigenvalue weighted by atomic mass is 16.3. The van der Waals surface area contributed by atoms with E-state index in [1.807, 2.05) is 72.8 Å². The van der Waals surface area contributed by atoms with E-state index in [2.05, 4.69) is 65.2 Å². The van der Waals surface area contributed by atoms with E-state index >= 15 is 0 Å². The third kappa shape index (κ3) is 3.60. The molecule has 0 radical (unpaired) electrons. The molecule has 5 nitrogen and oxygen atoms in total. The molecule has 0 fully saturated rings. The first kappa shape index (κ1) is 22.4. The highest BCUT2D eigenvalue weighted by Crippen LogP contribution is 2.38. The minimum atomic E-state index is 0.635. The van der Waals surface area contributed by atoms with Gasteiger partial charge in [0.2, 0.25) is 0 Å². The Morgan fingerprint density at radius 2 is 0.950 bits per heavy atom. The van der Waals surface area contributed by atoms with Crippen LogP contribution in [0.5, 0.6) is 0 Å². The number of rotatable bonds is 4. The van der Waals surface area contributed by atoms with Crippen LogP contribution in [-0.4, -0.2) is 19.5 Å². The molecule has 0 N–H and O–H groups in total. The molecule has 0 atom stereocenters. The van der Waals surface area contributed by atoms with Crippen LogP contribution in [0.25, 0.3) is 72.8 Å². The maximum absolute atomic E-state index is 6.32. The van der Waals surface area contributed by atoms with E-state index in [0.717, 1.165) is 55.3 Å². The SMILES string of the molecule is c1ccc(-c2nc(-c3ccccc3)nc(-c3ccc(-n4c5ccccc5c5oc6ccccc6c54)cc3)n2)cc1. The Hall–Kier alpha value is -5.55. The summed E-state index contributed by atoms with van der Waals surface area (Å²) in [5.41, 5.74) is 7.83. The summed E-state index contributed by atoms with van der Waals surface area (Å²) in [5.74, 6) is 1.93. The van der Waals surface area contributed by atoms with E-state index in [1.165, 1.54) is 0 Å². The summed E-state index contributed by atoms with van der Waals surface area (Å²) in [4.78, 5) is 14.6. The van der Waals surface area contributed by atoms with E-state index in [1.54, 1.807) is 0 Å². The number of para-hydroxylation sites is 2. The standard InChI is InChI=1S/C35H22N4O/c1-3-11-23(12-4-1)33-36-34(24-13-5-2-6-14-24)38-35(37-33)25-19-21-26(22-20-25)39-29-17-9-7-15-27(29)32-31(39)28-16-8-10-18-30(28)40-32/h1-22H. The fourth-order valence-electron chi connectivity index (χ4n) is 5.38. The normalized spacial score (nSPS) is 11.5. The van der Waals surface area contributed by atoms with Crippen molar-refractivity contribution in [3.8, 4) is 39.9 Å². The summed E-state index contributed by atoms with van der Waals surface area (Å²) in [7, 11) is 0. The van der Waals surface area contributed by atoms with Crippen molar-refractivity contribution in [1.82, 2.24) is 19.5 Å². The molecule has 3 heterocycles. The van der Waals surface area contributed by atoms with Crippen molar-refractivity contribution < 1.29 is 4.42 Å². The van der Waals surface area contributed by atoms with E-state index < -0.39 is 0 Å². The summed E-state index contributed by atoms with van der Waals surface area (Å²) in [6.07, 6.45) is 0. The van der Waals surface area contributed by atoms with Gasteiger partial charge in [-0.1, -0.05) is 84.9 Å². The van der Waals surface area contributed by atoms with Crippen LogP contribution in [-0.2, 0) is 0 Å². The largest absolute Gasteiger partial charge is 0.454 e. The molecule has 0 bridgehead atoms. The van der Waals surface area contributed by atoms with E-state index in [9.17, 15) is 0 Å². The molecule has 0 amide bonds. The van der Waals surface area contributed by atoms with Gasteiger partial charge in [0, 0.05) is 33.2 Å². The van der Waals surface area contributed by atoms with E-state index in [-0.39, 0.29) is 0 Å². The number of furan rings is 1. The molecule has 0 unspecified atom stereocenters. The molecule has 5 heteroatoms. The molecule has 188 valence electrons. The second-order valence-electron chi connectivity index (χ2n) is 9.71. The first-order chi connectivity index (χ1) is 19.8. The van der Waals surface area contributed by atoms with Crippen LogP contribution in [0.2, 0.25) is 0 Å². The Kier molecular flexibility index (Phi) is 5.07. The Labute approximate surface area is 230 Å². The van der Waals surface area contributed by atoms with Crippen molar-refractivity contribution >= 4 is 33.0 Å². The number of benzene rings is 5. The van der Waals surface area contributed by atoms with Crippen molar-refractivity contribution in [3.05, 3.63) is 133 Å². The molecule has 0 aliphatic heterocycles. The molecule has 0 spiro atoms. The molecular formula is C35H22N4O. The van der Waals surface area contributed by atoms with Crippen LogP contribution in [0.15, 0.2) is 138 Å². The second-order valence-corrected chi connectivity index (χ2v) is 9.71. The predicted octanol–water partition coefficient (Wildman–Crippen LogP) is 8.72. The summed E-state index contributed by atoms with van der Waals surface area (Å²) in [6.45, 7) is 0. The zero-order valence-electron chi connectivity index (χ0n) is 21.4. The first-order valence-corrected chi connectivity index (χ1v) is 13.2. The lowest BCUT2D eigenvalue weighted by molar-refractivity contribution is 0.673. The van der Waals surface area contributed by atoms with Crippen LogP contribution in [0, 0.1) is 0 Å². The molecule has 0 saturated heterocycles. The highest BCUT2D eigenvalue weighted by Gasteiger charge is 2.19. The third-order valence-electron chi connectivity index (χ3n) is 7.27. The molecule has 8 rings (SSSR count). The number of hydrogen-bond donors (Lipinski definition) is 0. The van der Waals surface area contributed by atoms with Gasteiger partial charge in [-0.25, -0.2) is 15.0 Å². The average Bonchev–Trinajstić information content (AvgIpc) is 3.57. The van der Waals surface area contributed by atoms with Crippen LogP contribution >= 0.6 is 0 Å². The Bertz CT molecular complexity index is 2080. The van der Waals surface area contributed by atoms with E-state index in [0.29, 0.717) is 17.5 Å². The molecule has 8 aromatic rings. The van der Waals surface area contributed by atoms with Gasteiger partial charge >= 0.3 is 0 Å². The maximum Gasteiger partial charge on any atom is 0.164 e. The van der Waals surface area contributed by atoms with Crippen molar-refractivity contribution in [1.29, 1.82) is 0 Å². The van der Waals surface area contributed by atoms with Crippen LogP contribution in [0.4, 0.5) is 0 Å². The monoisotopic (exact) mass is 514 g/mol. The van der Waals surface area contributed by atoms with E-state index in [4.69, 9.17) is 19.4 Å². The van der Waals surface area contributed by atoms with Gasteiger partial charge in [0.1, 0.15) is 11.1 Å². The van der Waals surface area contributed by atoms with Crippen molar-refractivity contribution in [3.63, 3.8) is 0 Å². The molecule has 40 heavy (non-hydrogen) atoms. The number of fused-ring (bicyclic) bond motifs is 5. The highest BCUT2D eigenvalue weighted by molar-refractivity contribution is 6.16. The van der Waals surface area contributed by atoms with Crippen molar-refractivity contribution in [2.24, 2.45) is 0 Å². The van der Waals surface area contributed by atoms with Gasteiger partial charge < -0.3 is 8.98 Å². The number of nitrogens with zero attached hydrogens (tertiary/aromatic N) is 4.